The highest BCUT2D eigenvalue weighted by Crippen LogP contribution is 2.56. The summed E-state index contributed by atoms with van der Waals surface area (Å²) in [6.07, 6.45) is -2.03. The van der Waals surface area contributed by atoms with Crippen LogP contribution in [0.5, 0.6) is 0 Å². The van der Waals surface area contributed by atoms with E-state index in [2.05, 4.69) is 103 Å². The van der Waals surface area contributed by atoms with Crippen molar-refractivity contribution in [1.82, 2.24) is 9.57 Å². The molecule has 2 aliphatic heterocycles. The van der Waals surface area contributed by atoms with Crippen molar-refractivity contribution < 1.29 is 0 Å². The molecule has 1 fully saturated rings. The van der Waals surface area contributed by atoms with Gasteiger partial charge in [-0.05, 0) is 24.5 Å². The lowest BCUT2D eigenvalue weighted by molar-refractivity contribution is 0.230. The summed E-state index contributed by atoms with van der Waals surface area (Å²) in [6, 6.07) is 19.5. The van der Waals surface area contributed by atoms with Crippen molar-refractivity contribution >= 4 is 29.0 Å². The van der Waals surface area contributed by atoms with Gasteiger partial charge in [0.15, 0.2) is 0 Å². The molecule has 2 aliphatic rings. The van der Waals surface area contributed by atoms with Crippen LogP contribution in [0.15, 0.2) is 66.1 Å². The zero-order valence-electron chi connectivity index (χ0n) is 17.3. The maximum absolute atomic E-state index is 6.55. The number of hydrogen-bond donors (Lipinski definition) is 0. The smallest absolute Gasteiger partial charge is 0.0658 e. The number of fused-ring (bicyclic) bond motifs is 1. The van der Waals surface area contributed by atoms with Crippen LogP contribution in [0.2, 0.25) is 0 Å². The highest BCUT2D eigenvalue weighted by molar-refractivity contribution is 8.18. The van der Waals surface area contributed by atoms with E-state index >= 15 is 0 Å². The molecule has 5 heteroatoms. The van der Waals surface area contributed by atoms with Crippen molar-refractivity contribution in [1.29, 1.82) is 0 Å². The zero-order valence-corrected chi connectivity index (χ0v) is 19.0. The fourth-order valence-electron chi connectivity index (χ4n) is 4.45. The summed E-state index contributed by atoms with van der Waals surface area (Å²) in [5, 5.41) is 1.29. The van der Waals surface area contributed by atoms with E-state index in [-0.39, 0.29) is 5.41 Å². The van der Waals surface area contributed by atoms with Gasteiger partial charge in [0.2, 0.25) is 0 Å². The van der Waals surface area contributed by atoms with E-state index in [9.17, 15) is 0 Å². The van der Waals surface area contributed by atoms with E-state index in [0.717, 1.165) is 26.2 Å². The van der Waals surface area contributed by atoms with Gasteiger partial charge in [0, 0.05) is 55.3 Å². The number of hydrogen-bond acceptors (Lipinski definition) is 3. The molecule has 0 spiro atoms. The third kappa shape index (κ3) is 3.27. The Morgan fingerprint density at radius 2 is 1.50 bits per heavy atom. The molecule has 0 saturated carbocycles. The molecule has 1 atom stereocenters. The van der Waals surface area contributed by atoms with Crippen molar-refractivity contribution in [3.8, 4) is 0 Å². The third-order valence-electron chi connectivity index (χ3n) is 6.26. The Bertz CT molecular complexity index is 930. The molecule has 0 aliphatic carbocycles. The molecule has 0 bridgehead atoms. The first-order valence-corrected chi connectivity index (χ1v) is 12.8. The average Bonchev–Trinajstić information content (AvgIpc) is 2.90. The quantitative estimate of drug-likeness (QED) is 0.699. The zero-order chi connectivity index (χ0) is 19.9. The van der Waals surface area contributed by atoms with Crippen LogP contribution in [-0.4, -0.2) is 49.8 Å². The van der Waals surface area contributed by atoms with Crippen molar-refractivity contribution in [3.05, 3.63) is 71.7 Å². The Balaban J connectivity index is 1.84. The molecule has 148 valence electrons. The second kappa shape index (κ2) is 7.42. The fourth-order valence-corrected chi connectivity index (χ4v) is 8.44. The summed E-state index contributed by atoms with van der Waals surface area (Å²) in [5.74, 6) is 2.46. The van der Waals surface area contributed by atoms with Gasteiger partial charge in [-0.25, -0.2) is 0 Å². The molecule has 2 aromatic carbocycles. The molecule has 2 aromatic rings. The number of para-hydroxylation sites is 1. The molecule has 1 unspecified atom stereocenters. The minimum absolute atomic E-state index is 0.0449. The van der Waals surface area contributed by atoms with Gasteiger partial charge in [-0.15, -0.1) is 0 Å². The van der Waals surface area contributed by atoms with E-state index in [4.69, 9.17) is 11.8 Å². The second-order valence-corrected chi connectivity index (χ2v) is 12.7. The number of likely N-dealkylation sites (N-methyl/N-ethyl adjacent to an activating group) is 2. The van der Waals surface area contributed by atoms with Crippen LogP contribution < -0.4 is 10.2 Å². The van der Waals surface area contributed by atoms with Gasteiger partial charge < -0.3 is 9.80 Å². The average molecular weight is 412 g/mol. The van der Waals surface area contributed by atoms with Crippen LogP contribution in [0.1, 0.15) is 19.4 Å². The first kappa shape index (κ1) is 19.8. The molecule has 2 heterocycles. The summed E-state index contributed by atoms with van der Waals surface area (Å²) in [4.78, 5) is 4.76. The first-order chi connectivity index (χ1) is 13.3. The third-order valence-corrected chi connectivity index (χ3v) is 10.8. The minimum Gasteiger partial charge on any atom is -0.347 e. The van der Waals surface area contributed by atoms with Crippen LogP contribution in [0, 0.1) is 0 Å². The van der Waals surface area contributed by atoms with Crippen molar-refractivity contribution in [2.75, 3.05) is 45.2 Å². The maximum atomic E-state index is 6.55. The number of anilines is 1. The standard InChI is InChI=1S/C23H30N3PS/c1-23(2)20-12-8-9-13-21(20)25(4)22(23)18-27(28,19-10-6-5-7-11-19)26-16-14-24(3)15-17-26/h5-13,18H,14-17H2,1-4H3/b22-18-. The van der Waals surface area contributed by atoms with Gasteiger partial charge >= 0.3 is 0 Å². The lowest BCUT2D eigenvalue weighted by Gasteiger charge is -2.40. The lowest BCUT2D eigenvalue weighted by atomic mass is 9.84. The van der Waals surface area contributed by atoms with Crippen LogP contribution in [0.3, 0.4) is 0 Å². The number of rotatable bonds is 3. The molecule has 1 saturated heterocycles. The summed E-state index contributed by atoms with van der Waals surface area (Å²) >= 11 is 6.55. The second-order valence-electron chi connectivity index (χ2n) is 8.43. The summed E-state index contributed by atoms with van der Waals surface area (Å²) in [7, 11) is 4.39. The van der Waals surface area contributed by atoms with Gasteiger partial charge in [0.25, 0.3) is 0 Å². The van der Waals surface area contributed by atoms with Crippen molar-refractivity contribution in [2.24, 2.45) is 0 Å². The van der Waals surface area contributed by atoms with Crippen molar-refractivity contribution in [3.63, 3.8) is 0 Å². The van der Waals surface area contributed by atoms with Crippen LogP contribution in [-0.2, 0) is 17.2 Å². The number of nitrogens with zero attached hydrogens (tertiary/aromatic N) is 3. The van der Waals surface area contributed by atoms with E-state index < -0.39 is 6.19 Å². The molecule has 0 aromatic heterocycles. The van der Waals surface area contributed by atoms with Gasteiger partial charge in [-0.2, -0.15) is 0 Å². The monoisotopic (exact) mass is 411 g/mol. The molecule has 4 rings (SSSR count). The normalized spacial score (nSPS) is 23.6. The van der Waals surface area contributed by atoms with E-state index in [1.807, 2.05) is 0 Å². The molecular weight excluding hydrogens is 381 g/mol. The fraction of sp³-hybridized carbons (Fsp3) is 0.391. The number of allylic oxidation sites excluding steroid dienone is 1. The molecule has 0 amide bonds. The van der Waals surface area contributed by atoms with E-state index in [1.165, 1.54) is 22.3 Å². The maximum Gasteiger partial charge on any atom is 0.0658 e. The lowest BCUT2D eigenvalue weighted by Crippen LogP contribution is -2.44. The summed E-state index contributed by atoms with van der Waals surface area (Å²) in [6.45, 7) is 8.88. The summed E-state index contributed by atoms with van der Waals surface area (Å²) < 4.78 is 2.58. The minimum atomic E-state index is -2.03. The van der Waals surface area contributed by atoms with Crippen LogP contribution in [0.25, 0.3) is 0 Å². The molecular formula is C23H30N3PS. The SMILES string of the molecule is CN1CCN(P(=S)(/C=C2\N(C)c3ccccc3C2(C)C)c2ccccc2)CC1. The molecule has 28 heavy (non-hydrogen) atoms. The first-order valence-electron chi connectivity index (χ1n) is 10.00. The van der Waals surface area contributed by atoms with Gasteiger partial charge in [0.1, 0.15) is 0 Å². The van der Waals surface area contributed by atoms with Gasteiger partial charge in [-0.3, -0.25) is 4.67 Å². The Labute approximate surface area is 174 Å². The molecule has 3 nitrogen and oxygen atoms in total. The molecule has 0 N–H and O–H groups in total. The van der Waals surface area contributed by atoms with E-state index in [0.29, 0.717) is 0 Å². The van der Waals surface area contributed by atoms with Crippen molar-refractivity contribution in [2.45, 2.75) is 19.3 Å². The molecule has 0 radical (unpaired) electrons. The Morgan fingerprint density at radius 1 is 0.893 bits per heavy atom. The van der Waals surface area contributed by atoms with Gasteiger partial charge in [-0.1, -0.05) is 74.2 Å². The van der Waals surface area contributed by atoms with Gasteiger partial charge in [0.05, 0.1) is 6.19 Å². The largest absolute Gasteiger partial charge is 0.347 e. The highest BCUT2D eigenvalue weighted by Gasteiger charge is 2.40. The Morgan fingerprint density at radius 3 is 2.14 bits per heavy atom. The number of piperazine rings is 1. The predicted octanol–water partition coefficient (Wildman–Crippen LogP) is 4.22. The topological polar surface area (TPSA) is 9.72 Å². The Hall–Kier alpha value is -1.45. The highest BCUT2D eigenvalue weighted by atomic mass is 32.4. The summed E-state index contributed by atoms with van der Waals surface area (Å²) in [5.41, 5.74) is 3.97. The van der Waals surface area contributed by atoms with Crippen LogP contribution in [0.4, 0.5) is 5.69 Å². The van der Waals surface area contributed by atoms with Crippen LogP contribution >= 0.6 is 6.19 Å². The number of benzene rings is 2. The Kier molecular flexibility index (Phi) is 5.26. The predicted molar refractivity (Wildman–Crippen MR) is 125 cm³/mol. The van der Waals surface area contributed by atoms with E-state index in [1.54, 1.807) is 0 Å².